The second-order valence-electron chi connectivity index (χ2n) is 4.70. The minimum atomic E-state index is -4.78. The molecule has 4 unspecified atom stereocenters. The van der Waals surface area contributed by atoms with E-state index in [1.807, 2.05) is 4.98 Å². The Morgan fingerprint density at radius 2 is 1.91 bits per heavy atom. The zero-order valence-corrected chi connectivity index (χ0v) is 12.3. The van der Waals surface area contributed by atoms with Crippen molar-refractivity contribution >= 4 is 19.3 Å². The third-order valence-electron chi connectivity index (χ3n) is 3.04. The number of hydrogen-bond donors (Lipinski definition) is 8. The maximum absolute atomic E-state index is 11.4. The molecule has 23 heavy (non-hydrogen) atoms. The number of hydrogen-bond acceptors (Lipinski definition) is 9. The van der Waals surface area contributed by atoms with Crippen molar-refractivity contribution in [1.82, 2.24) is 9.97 Å². The summed E-state index contributed by atoms with van der Waals surface area (Å²) >= 11 is 0. The number of nitrogen functional groups attached to an aromatic ring is 1. The summed E-state index contributed by atoms with van der Waals surface area (Å²) in [5, 5.41) is 22.0. The maximum atomic E-state index is 11.4. The first-order valence-electron chi connectivity index (χ1n) is 6.19. The van der Waals surface area contributed by atoms with Gasteiger partial charge in [0.2, 0.25) is 0 Å². The van der Waals surface area contributed by atoms with E-state index in [2.05, 4.69) is 14.8 Å². The number of H-pyrrole nitrogens is 2. The number of phosphoric ester groups is 1. The first-order chi connectivity index (χ1) is 10.6. The van der Waals surface area contributed by atoms with Crippen LogP contribution in [0.2, 0.25) is 0 Å². The Labute approximate surface area is 127 Å². The standard InChI is InChI=1S/C9H15N4O9P/c10-3-6(12-9(17)13-7(3)16)11-8-5(15)4(14)2(22-8)1-21-23(18,19)20/h2,4-5,8,14-15H,1,10H2,(H2,18,19,20)(H3,11,12,13,16,17). The van der Waals surface area contributed by atoms with Crippen LogP contribution in [0.15, 0.2) is 9.59 Å². The molecule has 1 fully saturated rings. The number of ether oxygens (including phenoxy) is 1. The van der Waals surface area contributed by atoms with Gasteiger partial charge in [-0.25, -0.2) is 9.36 Å². The molecule has 1 aromatic heterocycles. The molecule has 0 radical (unpaired) electrons. The van der Waals surface area contributed by atoms with E-state index in [4.69, 9.17) is 20.3 Å². The van der Waals surface area contributed by atoms with Crippen LogP contribution in [-0.4, -0.2) is 61.1 Å². The van der Waals surface area contributed by atoms with Gasteiger partial charge in [0.1, 0.15) is 29.8 Å². The van der Waals surface area contributed by atoms with Crippen molar-refractivity contribution in [2.75, 3.05) is 17.7 Å². The molecule has 0 amide bonds. The number of phosphoric acid groups is 1. The predicted octanol–water partition coefficient (Wildman–Crippen LogP) is -3.39. The molecule has 1 saturated heterocycles. The van der Waals surface area contributed by atoms with Crippen molar-refractivity contribution in [2.24, 2.45) is 0 Å². The first kappa shape index (κ1) is 17.6. The van der Waals surface area contributed by atoms with Crippen molar-refractivity contribution in [2.45, 2.75) is 24.5 Å². The molecule has 13 nitrogen and oxygen atoms in total. The average molecular weight is 354 g/mol. The van der Waals surface area contributed by atoms with Crippen LogP contribution < -0.4 is 22.3 Å². The number of nitrogens with two attached hydrogens (primary N) is 1. The number of anilines is 2. The van der Waals surface area contributed by atoms with E-state index in [0.29, 0.717) is 0 Å². The van der Waals surface area contributed by atoms with Gasteiger partial charge in [0.25, 0.3) is 5.56 Å². The van der Waals surface area contributed by atoms with Gasteiger partial charge in [-0.2, -0.15) is 0 Å². The van der Waals surface area contributed by atoms with Crippen LogP contribution in [0.4, 0.5) is 11.5 Å². The van der Waals surface area contributed by atoms with Crippen molar-refractivity contribution in [3.8, 4) is 0 Å². The molecule has 1 aliphatic rings. The van der Waals surface area contributed by atoms with Crippen molar-refractivity contribution < 1.29 is 33.8 Å². The third-order valence-corrected chi connectivity index (χ3v) is 3.52. The summed E-state index contributed by atoms with van der Waals surface area (Å²) in [6.45, 7) is -0.692. The average Bonchev–Trinajstić information content (AvgIpc) is 2.69. The maximum Gasteiger partial charge on any atom is 0.469 e. The normalized spacial score (nSPS) is 28.0. The Balaban J connectivity index is 2.11. The van der Waals surface area contributed by atoms with Crippen LogP contribution in [0.3, 0.4) is 0 Å². The molecule has 4 atom stereocenters. The quantitative estimate of drug-likeness (QED) is 0.244. The number of aromatic nitrogens is 2. The van der Waals surface area contributed by atoms with Gasteiger partial charge in [-0.1, -0.05) is 0 Å². The summed E-state index contributed by atoms with van der Waals surface area (Å²) in [6, 6.07) is 0. The van der Waals surface area contributed by atoms with Crippen molar-refractivity contribution in [1.29, 1.82) is 0 Å². The molecule has 0 aromatic carbocycles. The third kappa shape index (κ3) is 4.17. The molecule has 0 spiro atoms. The van der Waals surface area contributed by atoms with E-state index in [1.165, 1.54) is 0 Å². The fraction of sp³-hybridized carbons (Fsp3) is 0.556. The van der Waals surface area contributed by atoms with E-state index in [1.54, 1.807) is 0 Å². The molecule has 14 heteroatoms. The molecule has 9 N–H and O–H groups in total. The highest BCUT2D eigenvalue weighted by molar-refractivity contribution is 7.46. The number of aromatic amines is 2. The number of aliphatic hydroxyl groups is 2. The highest BCUT2D eigenvalue weighted by atomic mass is 31.2. The second kappa shape index (κ2) is 6.41. The molecule has 130 valence electrons. The van der Waals surface area contributed by atoms with E-state index >= 15 is 0 Å². The van der Waals surface area contributed by atoms with Crippen LogP contribution in [0.25, 0.3) is 0 Å². The molecular formula is C9H15N4O9P. The Morgan fingerprint density at radius 3 is 2.52 bits per heavy atom. The molecule has 1 aromatic rings. The van der Waals surface area contributed by atoms with Crippen LogP contribution >= 0.6 is 7.82 Å². The smallest absolute Gasteiger partial charge is 0.391 e. The van der Waals surface area contributed by atoms with Crippen molar-refractivity contribution in [3.05, 3.63) is 20.8 Å². The van der Waals surface area contributed by atoms with E-state index in [9.17, 15) is 24.4 Å². The Morgan fingerprint density at radius 1 is 1.26 bits per heavy atom. The van der Waals surface area contributed by atoms with Crippen LogP contribution in [0.1, 0.15) is 0 Å². The largest absolute Gasteiger partial charge is 0.469 e. The van der Waals surface area contributed by atoms with Gasteiger partial charge in [0.15, 0.2) is 6.23 Å². The van der Waals surface area contributed by atoms with Crippen LogP contribution in [0, 0.1) is 0 Å². The summed E-state index contributed by atoms with van der Waals surface area (Å²) in [5.41, 5.74) is 3.34. The fourth-order valence-electron chi connectivity index (χ4n) is 1.93. The number of nitrogens with one attached hydrogen (secondary N) is 3. The van der Waals surface area contributed by atoms with Gasteiger partial charge in [0.05, 0.1) is 6.61 Å². The number of aliphatic hydroxyl groups excluding tert-OH is 2. The van der Waals surface area contributed by atoms with E-state index in [-0.39, 0.29) is 11.5 Å². The lowest BCUT2D eigenvalue weighted by Crippen LogP contribution is -2.38. The van der Waals surface area contributed by atoms with E-state index < -0.39 is 50.2 Å². The Hall–Kier alpha value is -1.73. The molecular weight excluding hydrogens is 339 g/mol. The summed E-state index contributed by atoms with van der Waals surface area (Å²) in [6.07, 6.45) is -5.64. The van der Waals surface area contributed by atoms with Crippen molar-refractivity contribution in [3.63, 3.8) is 0 Å². The van der Waals surface area contributed by atoms with Gasteiger partial charge in [0, 0.05) is 0 Å². The monoisotopic (exact) mass is 354 g/mol. The molecule has 2 heterocycles. The van der Waals surface area contributed by atoms with Gasteiger partial charge >= 0.3 is 13.5 Å². The highest BCUT2D eigenvalue weighted by Crippen LogP contribution is 2.37. The molecule has 0 aliphatic carbocycles. The lowest BCUT2D eigenvalue weighted by atomic mass is 10.1. The highest BCUT2D eigenvalue weighted by Gasteiger charge is 2.44. The summed E-state index contributed by atoms with van der Waals surface area (Å²) in [5.74, 6) is -0.244. The zero-order chi connectivity index (χ0) is 17.4. The lowest BCUT2D eigenvalue weighted by Gasteiger charge is -2.18. The van der Waals surface area contributed by atoms with Crippen LogP contribution in [0.5, 0.6) is 0 Å². The lowest BCUT2D eigenvalue weighted by molar-refractivity contribution is -0.0151. The van der Waals surface area contributed by atoms with Gasteiger partial charge < -0.3 is 35.8 Å². The molecule has 0 bridgehead atoms. The second-order valence-corrected chi connectivity index (χ2v) is 5.94. The predicted molar refractivity (Wildman–Crippen MR) is 74.4 cm³/mol. The summed E-state index contributed by atoms with van der Waals surface area (Å²) in [4.78, 5) is 43.8. The Bertz CT molecular complexity index is 726. The topological polar surface area (TPSA) is 220 Å². The van der Waals surface area contributed by atoms with Gasteiger partial charge in [-0.3, -0.25) is 19.3 Å². The number of rotatable bonds is 5. The SMILES string of the molecule is Nc1c(NC2OC(COP(=O)(O)O)C(O)C2O)[nH]c(=O)[nH]c1=O. The Kier molecular flexibility index (Phi) is 4.91. The van der Waals surface area contributed by atoms with Crippen LogP contribution in [-0.2, 0) is 13.8 Å². The summed E-state index contributed by atoms with van der Waals surface area (Å²) < 4.78 is 20.0. The minimum Gasteiger partial charge on any atom is -0.391 e. The zero-order valence-electron chi connectivity index (χ0n) is 11.4. The molecule has 2 rings (SSSR count). The van der Waals surface area contributed by atoms with E-state index in [0.717, 1.165) is 0 Å². The first-order valence-corrected chi connectivity index (χ1v) is 7.72. The molecule has 0 saturated carbocycles. The van der Waals surface area contributed by atoms with Gasteiger partial charge in [-0.15, -0.1) is 0 Å². The summed E-state index contributed by atoms with van der Waals surface area (Å²) in [7, 11) is -4.78. The fourth-order valence-corrected chi connectivity index (χ4v) is 2.27. The molecule has 1 aliphatic heterocycles. The van der Waals surface area contributed by atoms with Gasteiger partial charge in [-0.05, 0) is 0 Å². The minimum absolute atomic E-state index is 0.244.